The molecular weight excluding hydrogens is 369 g/mol. The largest absolute Gasteiger partial charge is 0.481 e. The van der Waals surface area contributed by atoms with Gasteiger partial charge in [-0.25, -0.2) is 9.37 Å². The first-order valence-electron chi connectivity index (χ1n) is 8.59. The van der Waals surface area contributed by atoms with Crippen molar-refractivity contribution < 1.29 is 18.7 Å². The van der Waals surface area contributed by atoms with Gasteiger partial charge in [-0.05, 0) is 30.3 Å². The summed E-state index contributed by atoms with van der Waals surface area (Å²) in [5.41, 5.74) is 1.55. The number of para-hydroxylation sites is 1. The Balaban J connectivity index is 1.41. The number of hydrogen-bond acceptors (Lipinski definition) is 6. The van der Waals surface area contributed by atoms with E-state index >= 15 is 0 Å². The van der Waals surface area contributed by atoms with Crippen LogP contribution in [0.4, 0.5) is 15.2 Å². The summed E-state index contributed by atoms with van der Waals surface area (Å²) in [6.45, 7) is 2.81. The molecule has 1 aromatic heterocycles. The Bertz CT molecular complexity index is 956. The summed E-state index contributed by atoms with van der Waals surface area (Å²) in [5, 5.41) is 3.73. The topological polar surface area (TPSA) is 63.7 Å². The molecule has 1 N–H and O–H groups in total. The zero-order valence-electron chi connectivity index (χ0n) is 14.5. The lowest BCUT2D eigenvalue weighted by atomic mass is 10.3. The number of hydrogen-bond donors (Lipinski definition) is 1. The van der Waals surface area contributed by atoms with Gasteiger partial charge in [0.15, 0.2) is 23.3 Å². The van der Waals surface area contributed by atoms with Crippen LogP contribution in [0.15, 0.2) is 42.5 Å². The van der Waals surface area contributed by atoms with Crippen LogP contribution in [0.5, 0.6) is 5.75 Å². The van der Waals surface area contributed by atoms with Gasteiger partial charge in [0, 0.05) is 18.8 Å². The lowest BCUT2D eigenvalue weighted by Crippen LogP contribution is -2.36. The third-order valence-electron chi connectivity index (χ3n) is 4.14. The summed E-state index contributed by atoms with van der Waals surface area (Å²) < 4.78 is 25.1. The van der Waals surface area contributed by atoms with Crippen LogP contribution >= 0.6 is 11.3 Å². The van der Waals surface area contributed by atoms with Gasteiger partial charge in [-0.1, -0.05) is 23.5 Å². The second-order valence-electron chi connectivity index (χ2n) is 6.05. The lowest BCUT2D eigenvalue weighted by Gasteiger charge is -2.25. The van der Waals surface area contributed by atoms with Crippen molar-refractivity contribution in [1.82, 2.24) is 4.98 Å². The quantitative estimate of drug-likeness (QED) is 0.728. The molecule has 0 atom stereocenters. The Kier molecular flexibility index (Phi) is 5.17. The second kappa shape index (κ2) is 7.89. The van der Waals surface area contributed by atoms with E-state index in [9.17, 15) is 9.18 Å². The summed E-state index contributed by atoms with van der Waals surface area (Å²) in [6, 6.07) is 11.6. The second-order valence-corrected chi connectivity index (χ2v) is 7.05. The maximum absolute atomic E-state index is 13.5. The number of amides is 1. The predicted octanol–water partition coefficient (Wildman–Crippen LogP) is 3.29. The van der Waals surface area contributed by atoms with Crippen molar-refractivity contribution in [2.24, 2.45) is 0 Å². The van der Waals surface area contributed by atoms with Crippen molar-refractivity contribution in [2.45, 2.75) is 0 Å². The maximum atomic E-state index is 13.5. The van der Waals surface area contributed by atoms with E-state index in [-0.39, 0.29) is 18.3 Å². The monoisotopic (exact) mass is 387 g/mol. The van der Waals surface area contributed by atoms with Gasteiger partial charge in [0.05, 0.1) is 23.4 Å². The molecule has 0 bridgehead atoms. The van der Waals surface area contributed by atoms with Crippen LogP contribution in [0.3, 0.4) is 0 Å². The molecule has 0 radical (unpaired) electrons. The number of halogens is 1. The van der Waals surface area contributed by atoms with E-state index in [0.29, 0.717) is 18.9 Å². The first-order valence-corrected chi connectivity index (χ1v) is 9.41. The molecule has 1 saturated heterocycles. The van der Waals surface area contributed by atoms with E-state index in [0.717, 1.165) is 28.4 Å². The third-order valence-corrected chi connectivity index (χ3v) is 5.22. The Morgan fingerprint density at radius 2 is 2.07 bits per heavy atom. The molecule has 0 unspecified atom stereocenters. The molecule has 1 amide bonds. The molecule has 27 heavy (non-hydrogen) atoms. The Morgan fingerprint density at radius 1 is 1.26 bits per heavy atom. The summed E-state index contributed by atoms with van der Waals surface area (Å²) in [7, 11) is 0. The van der Waals surface area contributed by atoms with Gasteiger partial charge >= 0.3 is 0 Å². The predicted molar refractivity (Wildman–Crippen MR) is 103 cm³/mol. The molecule has 0 saturated carbocycles. The highest BCUT2D eigenvalue weighted by Crippen LogP contribution is 2.31. The number of ether oxygens (including phenoxy) is 2. The molecule has 1 aliphatic rings. The zero-order chi connectivity index (χ0) is 18.6. The fraction of sp³-hybridized carbons (Fsp3) is 0.263. The molecule has 4 rings (SSSR count). The average Bonchev–Trinajstić information content (AvgIpc) is 3.11. The number of nitrogens with zero attached hydrogens (tertiary/aromatic N) is 2. The smallest absolute Gasteiger partial charge is 0.262 e. The van der Waals surface area contributed by atoms with Gasteiger partial charge in [0.1, 0.15) is 0 Å². The number of benzene rings is 2. The highest BCUT2D eigenvalue weighted by atomic mass is 32.1. The van der Waals surface area contributed by atoms with E-state index < -0.39 is 5.82 Å². The zero-order valence-corrected chi connectivity index (χ0v) is 15.3. The Hall–Kier alpha value is -2.71. The minimum atomic E-state index is -0.493. The Morgan fingerprint density at radius 3 is 2.89 bits per heavy atom. The number of carbonyl (C=O) groups excluding carboxylic acids is 1. The molecule has 0 spiro atoms. The van der Waals surface area contributed by atoms with Gasteiger partial charge in [0.25, 0.3) is 5.91 Å². The highest BCUT2D eigenvalue weighted by molar-refractivity contribution is 7.22. The number of carbonyl (C=O) groups is 1. The van der Waals surface area contributed by atoms with Crippen LogP contribution in [0, 0.1) is 5.82 Å². The van der Waals surface area contributed by atoms with E-state index in [1.54, 1.807) is 29.5 Å². The van der Waals surface area contributed by atoms with Crippen molar-refractivity contribution in [3.63, 3.8) is 0 Å². The minimum Gasteiger partial charge on any atom is -0.481 e. The standard InChI is InChI=1S/C19H18FN3O3S/c20-14-3-1-2-4-16(14)26-12-18(24)21-13-5-6-15-17(11-13)27-19(22-15)23-7-9-25-10-8-23/h1-6,11H,7-10,12H2,(H,21,24). The molecule has 1 aliphatic heterocycles. The van der Waals surface area contributed by atoms with Crippen LogP contribution in [0.2, 0.25) is 0 Å². The normalized spacial score (nSPS) is 14.3. The van der Waals surface area contributed by atoms with Crippen molar-refractivity contribution in [3.05, 3.63) is 48.3 Å². The number of nitrogens with one attached hydrogen (secondary N) is 1. The highest BCUT2D eigenvalue weighted by Gasteiger charge is 2.16. The molecule has 140 valence electrons. The molecular formula is C19H18FN3O3S. The van der Waals surface area contributed by atoms with Crippen LogP contribution in [0.25, 0.3) is 10.2 Å². The van der Waals surface area contributed by atoms with Gasteiger partial charge in [0.2, 0.25) is 0 Å². The van der Waals surface area contributed by atoms with E-state index in [1.807, 2.05) is 12.1 Å². The summed E-state index contributed by atoms with van der Waals surface area (Å²) >= 11 is 1.58. The lowest BCUT2D eigenvalue weighted by molar-refractivity contribution is -0.118. The molecule has 6 nitrogen and oxygen atoms in total. The van der Waals surface area contributed by atoms with Crippen LogP contribution < -0.4 is 15.0 Å². The molecule has 1 fully saturated rings. The molecule has 2 heterocycles. The first-order chi connectivity index (χ1) is 13.2. The van der Waals surface area contributed by atoms with Gasteiger partial charge in [-0.2, -0.15) is 0 Å². The van der Waals surface area contributed by atoms with Gasteiger partial charge in [-0.15, -0.1) is 0 Å². The fourth-order valence-corrected chi connectivity index (χ4v) is 3.84. The van der Waals surface area contributed by atoms with Gasteiger partial charge in [-0.3, -0.25) is 4.79 Å². The SMILES string of the molecule is O=C(COc1ccccc1F)Nc1ccc2nc(N3CCOCC3)sc2c1. The maximum Gasteiger partial charge on any atom is 0.262 e. The number of thiazole rings is 1. The van der Waals surface area contributed by atoms with Crippen molar-refractivity contribution in [1.29, 1.82) is 0 Å². The number of rotatable bonds is 5. The number of morpholine rings is 1. The van der Waals surface area contributed by atoms with E-state index in [2.05, 4.69) is 15.2 Å². The van der Waals surface area contributed by atoms with Gasteiger partial charge < -0.3 is 19.7 Å². The molecule has 8 heteroatoms. The molecule has 3 aromatic rings. The van der Waals surface area contributed by atoms with Crippen LogP contribution in [-0.4, -0.2) is 43.8 Å². The summed E-state index contributed by atoms with van der Waals surface area (Å²) in [4.78, 5) is 18.9. The minimum absolute atomic E-state index is 0.0562. The summed E-state index contributed by atoms with van der Waals surface area (Å²) in [6.07, 6.45) is 0. The Labute approximate surface area is 159 Å². The number of anilines is 2. The summed E-state index contributed by atoms with van der Waals surface area (Å²) in [5.74, 6) is -0.789. The van der Waals surface area contributed by atoms with Crippen molar-refractivity contribution >= 4 is 38.3 Å². The average molecular weight is 387 g/mol. The molecule has 0 aliphatic carbocycles. The van der Waals surface area contributed by atoms with Crippen LogP contribution in [-0.2, 0) is 9.53 Å². The van der Waals surface area contributed by atoms with E-state index in [4.69, 9.17) is 9.47 Å². The first kappa shape index (κ1) is 17.7. The fourth-order valence-electron chi connectivity index (χ4n) is 2.78. The van der Waals surface area contributed by atoms with Crippen molar-refractivity contribution in [2.75, 3.05) is 43.1 Å². The van der Waals surface area contributed by atoms with E-state index in [1.165, 1.54) is 12.1 Å². The van der Waals surface area contributed by atoms with Crippen molar-refractivity contribution in [3.8, 4) is 5.75 Å². The third kappa shape index (κ3) is 4.17. The molecule has 2 aromatic carbocycles. The number of fused-ring (bicyclic) bond motifs is 1. The number of aromatic nitrogens is 1. The van der Waals surface area contributed by atoms with Crippen LogP contribution in [0.1, 0.15) is 0 Å².